The summed E-state index contributed by atoms with van der Waals surface area (Å²) in [7, 11) is 1.63. The van der Waals surface area contributed by atoms with Crippen molar-refractivity contribution in [2.24, 2.45) is 0 Å². The zero-order valence-electron chi connectivity index (χ0n) is 23.1. The zero-order chi connectivity index (χ0) is 28.4. The molecule has 2 aromatic carbocycles. The molecule has 0 radical (unpaired) electrons. The summed E-state index contributed by atoms with van der Waals surface area (Å²) in [6.07, 6.45) is 1.31. The van der Waals surface area contributed by atoms with Crippen LogP contribution in [0.5, 0.6) is 17.2 Å². The van der Waals surface area contributed by atoms with Crippen LogP contribution in [0.1, 0.15) is 26.3 Å². The van der Waals surface area contributed by atoms with E-state index in [2.05, 4.69) is 9.88 Å². The molecule has 1 aliphatic rings. The van der Waals surface area contributed by atoms with Crippen LogP contribution in [0, 0.1) is 5.82 Å². The van der Waals surface area contributed by atoms with E-state index >= 15 is 0 Å². The third-order valence-electron chi connectivity index (χ3n) is 6.47. The molecule has 1 amide bonds. The molecular weight excluding hydrogens is 576 g/mol. The molecule has 11 heteroatoms. The molecule has 3 heterocycles. The Labute approximate surface area is 241 Å². The average molecular weight is 610 g/mol. The van der Waals surface area contributed by atoms with Crippen LogP contribution in [0.15, 0.2) is 54.7 Å². The molecule has 5 rings (SSSR count). The van der Waals surface area contributed by atoms with Crippen molar-refractivity contribution in [1.29, 1.82) is 0 Å². The average Bonchev–Trinajstić information content (AvgIpc) is 3.29. The molecule has 0 aliphatic carbocycles. The summed E-state index contributed by atoms with van der Waals surface area (Å²) in [6, 6.07) is 14.4. The smallest absolute Gasteiger partial charge is 0.0196 e. The van der Waals surface area contributed by atoms with Crippen molar-refractivity contribution >= 4 is 44.1 Å². The molecule has 2 aromatic heterocycles. The van der Waals surface area contributed by atoms with Gasteiger partial charge in [0.15, 0.2) is 0 Å². The number of methoxy groups -OCH3 is 1. The first-order valence-corrected chi connectivity index (χ1v) is 14.3. The fourth-order valence-electron chi connectivity index (χ4n) is 4.52. The Morgan fingerprint density at radius 3 is 2.40 bits per heavy atom. The summed E-state index contributed by atoms with van der Waals surface area (Å²) in [5.74, 6) is 1.62. The molecule has 40 heavy (non-hydrogen) atoms. The number of benzene rings is 2. The zero-order valence-corrected chi connectivity index (χ0v) is 25.5. The summed E-state index contributed by atoms with van der Waals surface area (Å²) in [4.78, 5) is 21.1. The molecule has 0 spiro atoms. The third kappa shape index (κ3) is 6.17. The number of pyridine rings is 1. The SMILES string of the molecule is COc1ccc(Cn2nc(N3CCN(C(=O)OC(C)(C)C)CC3)c3c(Oc4ccc([AsH2])cc4F)ccnc32)cc1. The van der Waals surface area contributed by atoms with Crippen molar-refractivity contribution in [3.8, 4) is 17.2 Å². The van der Waals surface area contributed by atoms with Gasteiger partial charge in [-0.2, -0.15) is 0 Å². The minimum atomic E-state index is -0.561. The van der Waals surface area contributed by atoms with E-state index in [9.17, 15) is 9.18 Å². The van der Waals surface area contributed by atoms with Crippen LogP contribution < -0.4 is 18.7 Å². The monoisotopic (exact) mass is 609 g/mol. The van der Waals surface area contributed by atoms with Crippen LogP contribution in [-0.2, 0) is 11.3 Å². The van der Waals surface area contributed by atoms with E-state index in [1.807, 2.05) is 55.8 Å². The van der Waals surface area contributed by atoms with Crippen LogP contribution >= 0.6 is 0 Å². The van der Waals surface area contributed by atoms with Crippen molar-refractivity contribution in [3.63, 3.8) is 0 Å². The van der Waals surface area contributed by atoms with Gasteiger partial charge in [0.25, 0.3) is 0 Å². The fourth-order valence-corrected chi connectivity index (χ4v) is 5.03. The second kappa shape index (κ2) is 11.4. The van der Waals surface area contributed by atoms with Gasteiger partial charge in [-0.1, -0.05) is 0 Å². The maximum atomic E-state index is 14.8. The van der Waals surface area contributed by atoms with Crippen molar-refractivity contribution in [2.75, 3.05) is 38.2 Å². The van der Waals surface area contributed by atoms with Gasteiger partial charge in [-0.15, -0.1) is 0 Å². The van der Waals surface area contributed by atoms with Gasteiger partial charge in [0, 0.05) is 0 Å². The normalized spacial score (nSPS) is 13.9. The van der Waals surface area contributed by atoms with Crippen LogP contribution in [0.25, 0.3) is 11.0 Å². The minimum absolute atomic E-state index is 0.137. The Kier molecular flexibility index (Phi) is 7.90. The van der Waals surface area contributed by atoms with Crippen molar-refractivity contribution < 1.29 is 23.4 Å². The summed E-state index contributed by atoms with van der Waals surface area (Å²) in [5.41, 5.74) is 1.08. The van der Waals surface area contributed by atoms with Gasteiger partial charge >= 0.3 is 176 Å². The minimum Gasteiger partial charge on any atom is -0.0196 e. The van der Waals surface area contributed by atoms with Gasteiger partial charge in [-0.3, -0.25) is 0 Å². The molecule has 1 fully saturated rings. The number of fused-ring (bicyclic) bond motifs is 1. The van der Waals surface area contributed by atoms with Gasteiger partial charge < -0.3 is 9.47 Å². The number of carbonyl (C=O) groups excluding carboxylic acids is 1. The van der Waals surface area contributed by atoms with Gasteiger partial charge in [0.1, 0.15) is 11.4 Å². The molecule has 1 unspecified atom stereocenters. The number of halogens is 1. The third-order valence-corrected chi connectivity index (χ3v) is 7.23. The number of aromatic nitrogens is 3. The molecule has 1 aliphatic heterocycles. The molecule has 9 nitrogen and oxygen atoms in total. The van der Waals surface area contributed by atoms with Crippen molar-refractivity contribution in [2.45, 2.75) is 32.9 Å². The Balaban J connectivity index is 1.49. The number of hydrogen-bond acceptors (Lipinski definition) is 7. The topological polar surface area (TPSA) is 82.0 Å². The molecule has 0 saturated carbocycles. The number of carbonyl (C=O) groups is 1. The molecule has 1 atom stereocenters. The number of rotatable bonds is 6. The maximum absolute atomic E-state index is 14.8. The van der Waals surface area contributed by atoms with Crippen molar-refractivity contribution in [1.82, 2.24) is 19.7 Å². The van der Waals surface area contributed by atoms with Crippen LogP contribution in [-0.4, -0.2) is 81.5 Å². The molecule has 1 saturated heterocycles. The fraction of sp³-hybridized carbons (Fsp3) is 0.345. The number of anilines is 1. The second-order valence-electron chi connectivity index (χ2n) is 10.6. The Bertz CT molecular complexity index is 1510. The predicted octanol–water partition coefficient (Wildman–Crippen LogP) is 3.74. The van der Waals surface area contributed by atoms with Gasteiger partial charge in [-0.25, -0.2) is 4.79 Å². The number of piperazine rings is 1. The summed E-state index contributed by atoms with van der Waals surface area (Å²) in [5, 5.41) is 5.65. The van der Waals surface area contributed by atoms with E-state index in [0.29, 0.717) is 55.3 Å². The van der Waals surface area contributed by atoms with Gasteiger partial charge in [0.2, 0.25) is 0 Å². The number of ether oxygens (including phenoxy) is 3. The van der Waals surface area contributed by atoms with E-state index in [1.54, 1.807) is 30.3 Å². The standard InChI is InChI=1S/C29H33AsFN5O4/c1-29(2,3)40-28(37)35-15-13-34(14-16-35)27-25-24(39-23-10-7-20(30)17-22(23)31)11-12-32-26(25)36(33-27)18-19-5-8-21(38-4)9-6-19/h5-12,17H,13-16,18,30H2,1-4H3. The second-order valence-corrected chi connectivity index (χ2v) is 12.0. The first kappa shape index (κ1) is 27.8. The molecular formula is C29H33AsFN5O4. The molecule has 0 N–H and O–H groups in total. The Morgan fingerprint density at radius 2 is 1.75 bits per heavy atom. The predicted molar refractivity (Wildman–Crippen MR) is 154 cm³/mol. The van der Waals surface area contributed by atoms with E-state index in [-0.39, 0.29) is 11.8 Å². The van der Waals surface area contributed by atoms with Crippen LogP contribution in [0.2, 0.25) is 0 Å². The van der Waals surface area contributed by atoms with E-state index in [4.69, 9.17) is 19.3 Å². The Morgan fingerprint density at radius 1 is 1.02 bits per heavy atom. The van der Waals surface area contributed by atoms with Crippen LogP contribution in [0.3, 0.4) is 0 Å². The first-order chi connectivity index (χ1) is 19.1. The molecule has 0 bridgehead atoms. The van der Waals surface area contributed by atoms with Crippen LogP contribution in [0.4, 0.5) is 15.0 Å². The summed E-state index contributed by atoms with van der Waals surface area (Å²) >= 11 is 1.34. The summed E-state index contributed by atoms with van der Waals surface area (Å²) in [6.45, 7) is 8.08. The number of nitrogens with zero attached hydrogens (tertiary/aromatic N) is 5. The number of hydrogen-bond donors (Lipinski definition) is 0. The van der Waals surface area contributed by atoms with Crippen molar-refractivity contribution in [3.05, 3.63) is 66.1 Å². The Hall–Kier alpha value is -3.78. The quantitative estimate of drug-likeness (QED) is 0.308. The van der Waals surface area contributed by atoms with Gasteiger partial charge in [-0.05, 0) is 32.9 Å². The van der Waals surface area contributed by atoms with Gasteiger partial charge in [0.05, 0.1) is 7.11 Å². The van der Waals surface area contributed by atoms with E-state index in [0.717, 1.165) is 15.7 Å². The summed E-state index contributed by atoms with van der Waals surface area (Å²) < 4.78 is 34.4. The molecule has 210 valence electrons. The van der Waals surface area contributed by atoms with E-state index < -0.39 is 11.4 Å². The number of amides is 1. The first-order valence-electron chi connectivity index (χ1n) is 13.1. The van der Waals surface area contributed by atoms with E-state index in [1.165, 1.54) is 22.9 Å². The molecule has 4 aromatic rings.